The Labute approximate surface area is 186 Å². The number of urea groups is 1. The maximum Gasteiger partial charge on any atom is 0.337 e. The van der Waals surface area contributed by atoms with E-state index in [1.165, 1.54) is 9.47 Å². The van der Waals surface area contributed by atoms with Gasteiger partial charge in [0.15, 0.2) is 0 Å². The summed E-state index contributed by atoms with van der Waals surface area (Å²) in [5.41, 5.74) is 6.25. The molecule has 10 nitrogen and oxygen atoms in total. The number of para-hydroxylation sites is 2. The molecule has 1 saturated carbocycles. The highest BCUT2D eigenvalue weighted by Crippen LogP contribution is 2.38. The highest BCUT2D eigenvalue weighted by Gasteiger charge is 2.46. The average Bonchev–Trinajstić information content (AvgIpc) is 3.03. The van der Waals surface area contributed by atoms with Crippen LogP contribution in [-0.2, 0) is 0 Å². The molecule has 1 aromatic heterocycles. The molecular weight excluding hydrogens is 412 g/mol. The van der Waals surface area contributed by atoms with Crippen molar-refractivity contribution in [1.82, 2.24) is 24.3 Å². The van der Waals surface area contributed by atoms with Crippen molar-refractivity contribution < 1.29 is 14.7 Å². The first-order chi connectivity index (χ1) is 15.2. The number of carbonyl (C=O) groups excluding carboxylic acids is 2. The van der Waals surface area contributed by atoms with Crippen molar-refractivity contribution in [2.45, 2.75) is 63.4 Å². The van der Waals surface area contributed by atoms with Gasteiger partial charge in [-0.1, -0.05) is 12.1 Å². The van der Waals surface area contributed by atoms with E-state index in [1.807, 2.05) is 32.0 Å². The number of aliphatic hydroxyl groups excluding tert-OH is 1. The molecule has 174 valence electrons. The molecule has 2 unspecified atom stereocenters. The van der Waals surface area contributed by atoms with Gasteiger partial charge in [0.25, 0.3) is 0 Å². The number of piperidine rings is 1. The summed E-state index contributed by atoms with van der Waals surface area (Å²) in [4.78, 5) is 40.8. The first kappa shape index (κ1) is 22.3. The summed E-state index contributed by atoms with van der Waals surface area (Å²) >= 11 is 0. The third-order valence-corrected chi connectivity index (χ3v) is 6.70. The molecule has 3 aliphatic rings. The topological polar surface area (TPSA) is 126 Å². The van der Waals surface area contributed by atoms with Gasteiger partial charge in [-0.05, 0) is 45.2 Å². The summed E-state index contributed by atoms with van der Waals surface area (Å²) in [6, 6.07) is 6.82. The fourth-order valence-corrected chi connectivity index (χ4v) is 5.19. The number of imidazole rings is 1. The zero-order chi connectivity index (χ0) is 23.2. The highest BCUT2D eigenvalue weighted by atomic mass is 16.3. The molecule has 0 spiro atoms. The molecule has 3 fully saturated rings. The molecule has 2 saturated heterocycles. The van der Waals surface area contributed by atoms with Gasteiger partial charge in [0.05, 0.1) is 17.1 Å². The quantitative estimate of drug-likeness (QED) is 0.611. The number of carbonyl (C=O) groups is 2. The average molecular weight is 445 g/mol. The summed E-state index contributed by atoms with van der Waals surface area (Å²) in [6.07, 6.45) is 1.87. The number of fused-ring (bicyclic) bond motifs is 3. The molecular formula is C22H32N6O4. The first-order valence-electron chi connectivity index (χ1n) is 11.1. The molecule has 3 atom stereocenters. The van der Waals surface area contributed by atoms with Crippen LogP contribution in [0.1, 0.15) is 39.2 Å². The Morgan fingerprint density at radius 3 is 2.41 bits per heavy atom. The molecule has 3 amide bonds. The summed E-state index contributed by atoms with van der Waals surface area (Å²) in [6.45, 7) is 4.51. The van der Waals surface area contributed by atoms with Gasteiger partial charge in [-0.15, -0.1) is 0 Å². The molecule has 3 heterocycles. The van der Waals surface area contributed by atoms with Gasteiger partial charge in [0.1, 0.15) is 0 Å². The maximum atomic E-state index is 13.1. The van der Waals surface area contributed by atoms with Gasteiger partial charge < -0.3 is 21.1 Å². The fourth-order valence-electron chi connectivity index (χ4n) is 5.19. The van der Waals surface area contributed by atoms with Crippen LogP contribution in [-0.4, -0.2) is 80.5 Å². The minimum Gasteiger partial charge on any atom is -0.390 e. The summed E-state index contributed by atoms with van der Waals surface area (Å²) < 4.78 is 2.87. The van der Waals surface area contributed by atoms with Crippen LogP contribution in [0.25, 0.3) is 11.0 Å². The Balaban J connectivity index is 1.41. The zero-order valence-electron chi connectivity index (χ0n) is 18.8. The van der Waals surface area contributed by atoms with E-state index in [0.29, 0.717) is 12.1 Å². The minimum atomic E-state index is -0.676. The van der Waals surface area contributed by atoms with Crippen molar-refractivity contribution in [2.75, 3.05) is 20.1 Å². The molecule has 4 N–H and O–H groups in total. The van der Waals surface area contributed by atoms with Crippen LogP contribution < -0.4 is 16.7 Å². The van der Waals surface area contributed by atoms with E-state index in [1.54, 1.807) is 17.7 Å². The Kier molecular flexibility index (Phi) is 6.00. The second kappa shape index (κ2) is 8.59. The van der Waals surface area contributed by atoms with E-state index in [-0.39, 0.29) is 36.4 Å². The molecule has 1 aliphatic carbocycles. The van der Waals surface area contributed by atoms with Gasteiger partial charge in [-0.25, -0.2) is 19.0 Å². The Hall–Kier alpha value is -2.85. The normalized spacial score (nSPS) is 23.7. The van der Waals surface area contributed by atoms with Crippen molar-refractivity contribution in [3.63, 3.8) is 0 Å². The predicted octanol–water partition coefficient (Wildman–Crippen LogP) is 0.918. The molecule has 2 bridgehead atoms. The van der Waals surface area contributed by atoms with Gasteiger partial charge in [-0.2, -0.15) is 0 Å². The lowest BCUT2D eigenvalue weighted by molar-refractivity contribution is -0.0654. The summed E-state index contributed by atoms with van der Waals surface area (Å²) in [7, 11) is 1.56. The zero-order valence-corrected chi connectivity index (χ0v) is 18.8. The van der Waals surface area contributed by atoms with Gasteiger partial charge in [-0.3, -0.25) is 9.47 Å². The minimum absolute atomic E-state index is 0.0269. The molecule has 2 aromatic rings. The standard InChI is InChI=1S/C22H32N6O4/c1-13(2)27-18-6-4-5-7-19(18)28(22(27)32)21(31)24-14-8-15-10-16(9-14)26(15)12-17(29)11-25(3)20(23)30/h4-7,13-17,29H,8-12H2,1-3H3,(H2,23,30)(H,24,31)/t14?,15?,16?,17-/m0/s1. The lowest BCUT2D eigenvalue weighted by Gasteiger charge is -2.56. The second-order valence-corrected chi connectivity index (χ2v) is 9.30. The molecule has 32 heavy (non-hydrogen) atoms. The van der Waals surface area contributed by atoms with Crippen molar-refractivity contribution in [1.29, 1.82) is 0 Å². The van der Waals surface area contributed by atoms with E-state index >= 15 is 0 Å². The Bertz CT molecular complexity index is 1060. The molecule has 2 aliphatic heterocycles. The monoisotopic (exact) mass is 444 g/mol. The molecule has 1 aromatic carbocycles. The number of nitrogens with two attached hydrogens (primary N) is 1. The second-order valence-electron chi connectivity index (χ2n) is 9.30. The number of nitrogens with zero attached hydrogens (tertiary/aromatic N) is 4. The summed E-state index contributed by atoms with van der Waals surface area (Å²) in [5, 5.41) is 13.4. The van der Waals surface area contributed by atoms with Crippen LogP contribution >= 0.6 is 0 Å². The Morgan fingerprint density at radius 1 is 1.19 bits per heavy atom. The largest absolute Gasteiger partial charge is 0.390 e. The lowest BCUT2D eigenvalue weighted by Crippen LogP contribution is -2.66. The van der Waals surface area contributed by atoms with Crippen LogP contribution in [0.4, 0.5) is 9.59 Å². The summed E-state index contributed by atoms with van der Waals surface area (Å²) in [5.74, 6) is 0. The molecule has 10 heteroatoms. The third kappa shape index (κ3) is 4.00. The van der Waals surface area contributed by atoms with Crippen LogP contribution in [0.3, 0.4) is 0 Å². The van der Waals surface area contributed by atoms with E-state index in [0.717, 1.165) is 24.8 Å². The number of amides is 3. The number of benzene rings is 1. The maximum absolute atomic E-state index is 13.1. The first-order valence-corrected chi connectivity index (χ1v) is 11.1. The Morgan fingerprint density at radius 2 is 1.81 bits per heavy atom. The van der Waals surface area contributed by atoms with E-state index < -0.39 is 18.2 Å². The number of likely N-dealkylation sites (N-methyl/N-ethyl adjacent to an activating group) is 1. The predicted molar refractivity (Wildman–Crippen MR) is 121 cm³/mol. The number of aliphatic hydroxyl groups is 1. The van der Waals surface area contributed by atoms with Crippen molar-refractivity contribution in [2.24, 2.45) is 5.73 Å². The highest BCUT2D eigenvalue weighted by molar-refractivity contribution is 5.89. The van der Waals surface area contributed by atoms with Gasteiger partial charge >= 0.3 is 17.8 Å². The van der Waals surface area contributed by atoms with E-state index in [4.69, 9.17) is 5.73 Å². The van der Waals surface area contributed by atoms with Crippen LogP contribution in [0.2, 0.25) is 0 Å². The third-order valence-electron chi connectivity index (χ3n) is 6.70. The number of primary amides is 1. The van der Waals surface area contributed by atoms with E-state index in [9.17, 15) is 19.5 Å². The number of rotatable bonds is 6. The lowest BCUT2D eigenvalue weighted by atomic mass is 9.76. The van der Waals surface area contributed by atoms with E-state index in [2.05, 4.69) is 10.2 Å². The molecule has 5 rings (SSSR count). The molecule has 0 radical (unpaired) electrons. The number of aromatic nitrogens is 2. The fraction of sp³-hybridized carbons (Fsp3) is 0.591. The number of hydrogen-bond donors (Lipinski definition) is 3. The SMILES string of the molecule is CC(C)n1c(=O)n(C(=O)NC2CC3CC(C2)N3C[C@@H](O)CN(C)C(N)=O)c2ccccc21. The smallest absolute Gasteiger partial charge is 0.337 e. The van der Waals surface area contributed by atoms with Crippen molar-refractivity contribution >= 4 is 23.1 Å². The van der Waals surface area contributed by atoms with Crippen LogP contribution in [0, 0.1) is 0 Å². The van der Waals surface area contributed by atoms with Gasteiger partial charge in [0, 0.05) is 44.3 Å². The van der Waals surface area contributed by atoms with Gasteiger partial charge in [0.2, 0.25) is 0 Å². The van der Waals surface area contributed by atoms with Crippen molar-refractivity contribution in [3.05, 3.63) is 34.7 Å². The number of hydrogen-bond acceptors (Lipinski definition) is 5. The van der Waals surface area contributed by atoms with Crippen molar-refractivity contribution in [3.8, 4) is 0 Å². The number of nitrogens with one attached hydrogen (secondary N) is 1. The van der Waals surface area contributed by atoms with Crippen LogP contribution in [0.15, 0.2) is 29.1 Å². The van der Waals surface area contributed by atoms with Crippen LogP contribution in [0.5, 0.6) is 0 Å².